The lowest BCUT2D eigenvalue weighted by molar-refractivity contribution is 0.113. The number of anilines is 1. The Kier molecular flexibility index (Phi) is 5.62. The molecule has 8 nitrogen and oxygen atoms in total. The van der Waals surface area contributed by atoms with Gasteiger partial charge in [0.25, 0.3) is 0 Å². The molecule has 0 radical (unpaired) electrons. The predicted molar refractivity (Wildman–Crippen MR) is 123 cm³/mol. The number of fused-ring (bicyclic) bond motifs is 2. The van der Waals surface area contributed by atoms with E-state index in [0.29, 0.717) is 38.5 Å². The number of hydrogen-bond donors (Lipinski definition) is 3. The zero-order valence-electron chi connectivity index (χ0n) is 17.6. The van der Waals surface area contributed by atoms with Gasteiger partial charge in [0.05, 0.1) is 24.8 Å². The molecule has 5 rings (SSSR count). The van der Waals surface area contributed by atoms with E-state index in [0.717, 1.165) is 22.2 Å². The molecule has 4 aromatic rings. The van der Waals surface area contributed by atoms with Crippen LogP contribution in [-0.4, -0.2) is 34.3 Å². The summed E-state index contributed by atoms with van der Waals surface area (Å²) in [6, 6.07) is 20.2. The van der Waals surface area contributed by atoms with Crippen molar-refractivity contribution in [2.24, 2.45) is 0 Å². The molecule has 0 amide bonds. The molecule has 164 valence electrons. The zero-order valence-corrected chi connectivity index (χ0v) is 17.6. The molecule has 0 spiro atoms. The van der Waals surface area contributed by atoms with Crippen LogP contribution in [0.5, 0.6) is 5.88 Å². The molecule has 0 bridgehead atoms. The average Bonchev–Trinajstić information content (AvgIpc) is 3.02. The van der Waals surface area contributed by atoms with Crippen LogP contribution in [0.3, 0.4) is 0 Å². The van der Waals surface area contributed by atoms with Crippen LogP contribution in [0.25, 0.3) is 10.9 Å². The van der Waals surface area contributed by atoms with Crippen molar-refractivity contribution in [3.05, 3.63) is 88.0 Å². The van der Waals surface area contributed by atoms with E-state index in [9.17, 15) is 4.79 Å². The summed E-state index contributed by atoms with van der Waals surface area (Å²) in [5.41, 5.74) is 9.62. The fourth-order valence-corrected chi connectivity index (χ4v) is 4.21. The first kappa shape index (κ1) is 20.3. The van der Waals surface area contributed by atoms with E-state index < -0.39 is 5.69 Å². The number of rotatable bonds is 6. The molecular weight excluding hydrogens is 406 g/mol. The average molecular weight is 431 g/mol. The second-order valence-electron chi connectivity index (χ2n) is 7.73. The maximum absolute atomic E-state index is 11.8. The number of hydrogen-bond acceptors (Lipinski definition) is 6. The first-order chi connectivity index (χ1) is 15.7. The number of nitrogen functional groups attached to an aromatic ring is 1. The molecule has 0 aliphatic carbocycles. The Morgan fingerprint density at radius 1 is 1.16 bits per heavy atom. The Bertz CT molecular complexity index is 1280. The minimum atomic E-state index is -0.517. The standard InChI is InChI=1S/C24H25N5O3/c25-22-20-21(26-10-12-32-23(20)28-24(30)27-22)19-14-17-8-4-5-9-18(17)29(19)11-13-31-15-16-6-2-1-3-7-16/h1-9,14,21,26H,10-13,15H2,(H3,25,27,28,30). The van der Waals surface area contributed by atoms with Gasteiger partial charge in [0.15, 0.2) is 0 Å². The summed E-state index contributed by atoms with van der Waals surface area (Å²) < 4.78 is 13.9. The molecular formula is C24H25N5O3. The number of H-pyrrole nitrogens is 1. The van der Waals surface area contributed by atoms with Gasteiger partial charge in [-0.15, -0.1) is 0 Å². The molecule has 2 aromatic heterocycles. The molecule has 1 aliphatic rings. The van der Waals surface area contributed by atoms with Crippen LogP contribution in [0.1, 0.15) is 22.9 Å². The number of nitrogens with zero attached hydrogens (tertiary/aromatic N) is 2. The number of ether oxygens (including phenoxy) is 2. The lowest BCUT2D eigenvalue weighted by Gasteiger charge is -2.21. The quantitative estimate of drug-likeness (QED) is 0.405. The van der Waals surface area contributed by atoms with Crippen LogP contribution < -0.4 is 21.5 Å². The topological polar surface area (TPSA) is 107 Å². The van der Waals surface area contributed by atoms with Crippen LogP contribution in [-0.2, 0) is 17.9 Å². The van der Waals surface area contributed by atoms with Gasteiger partial charge in [-0.2, -0.15) is 4.98 Å². The maximum Gasteiger partial charge on any atom is 0.349 e. The molecule has 2 aromatic carbocycles. The normalized spacial score (nSPS) is 15.8. The Labute approximate surface area is 185 Å². The number of aromatic amines is 1. The number of para-hydroxylation sites is 1. The van der Waals surface area contributed by atoms with Gasteiger partial charge in [0, 0.05) is 24.3 Å². The van der Waals surface area contributed by atoms with Crippen LogP contribution >= 0.6 is 0 Å². The highest BCUT2D eigenvalue weighted by atomic mass is 16.5. The minimum absolute atomic E-state index is 0.261. The molecule has 1 atom stereocenters. The van der Waals surface area contributed by atoms with Crippen LogP contribution in [0.2, 0.25) is 0 Å². The van der Waals surface area contributed by atoms with Crippen molar-refractivity contribution in [3.8, 4) is 5.88 Å². The summed E-state index contributed by atoms with van der Waals surface area (Å²) in [6.07, 6.45) is 0. The van der Waals surface area contributed by atoms with Gasteiger partial charge in [-0.25, -0.2) is 4.79 Å². The van der Waals surface area contributed by atoms with Gasteiger partial charge in [-0.1, -0.05) is 48.5 Å². The molecule has 3 heterocycles. The second kappa shape index (κ2) is 8.86. The molecule has 0 saturated carbocycles. The van der Waals surface area contributed by atoms with Gasteiger partial charge in [0.2, 0.25) is 5.88 Å². The van der Waals surface area contributed by atoms with Crippen molar-refractivity contribution in [1.82, 2.24) is 19.9 Å². The van der Waals surface area contributed by atoms with Crippen LogP contribution in [0, 0.1) is 0 Å². The number of nitrogens with one attached hydrogen (secondary N) is 2. The molecule has 1 unspecified atom stereocenters. The molecule has 32 heavy (non-hydrogen) atoms. The Hall–Kier alpha value is -3.62. The van der Waals surface area contributed by atoms with Crippen molar-refractivity contribution in [3.63, 3.8) is 0 Å². The van der Waals surface area contributed by atoms with Crippen molar-refractivity contribution in [2.75, 3.05) is 25.5 Å². The third kappa shape index (κ3) is 3.98. The SMILES string of the molecule is Nc1[nH]c(=O)nc2c1C(c1cc3ccccc3n1CCOCc1ccccc1)NCCO2. The van der Waals surface area contributed by atoms with E-state index in [-0.39, 0.29) is 17.7 Å². The van der Waals surface area contributed by atoms with Crippen molar-refractivity contribution in [1.29, 1.82) is 0 Å². The minimum Gasteiger partial charge on any atom is -0.476 e. The van der Waals surface area contributed by atoms with E-state index in [1.165, 1.54) is 0 Å². The number of aromatic nitrogens is 3. The van der Waals surface area contributed by atoms with Gasteiger partial charge < -0.3 is 25.1 Å². The molecule has 4 N–H and O–H groups in total. The fraction of sp³-hybridized carbons (Fsp3) is 0.250. The summed E-state index contributed by atoms with van der Waals surface area (Å²) in [6.45, 7) is 2.78. The van der Waals surface area contributed by atoms with Gasteiger partial charge in [-0.3, -0.25) is 4.98 Å². The van der Waals surface area contributed by atoms with Crippen molar-refractivity contribution in [2.45, 2.75) is 19.2 Å². The summed E-state index contributed by atoms with van der Waals surface area (Å²) >= 11 is 0. The van der Waals surface area contributed by atoms with E-state index in [1.54, 1.807) is 0 Å². The van der Waals surface area contributed by atoms with E-state index >= 15 is 0 Å². The smallest absolute Gasteiger partial charge is 0.349 e. The zero-order chi connectivity index (χ0) is 21.9. The number of nitrogens with two attached hydrogens (primary N) is 1. The van der Waals surface area contributed by atoms with E-state index in [1.807, 2.05) is 30.3 Å². The van der Waals surface area contributed by atoms with Crippen molar-refractivity contribution >= 4 is 16.7 Å². The first-order valence-corrected chi connectivity index (χ1v) is 10.7. The predicted octanol–water partition coefficient (Wildman–Crippen LogP) is 2.60. The Morgan fingerprint density at radius 2 is 1.97 bits per heavy atom. The molecule has 1 aliphatic heterocycles. The fourth-order valence-electron chi connectivity index (χ4n) is 4.21. The monoisotopic (exact) mass is 431 g/mol. The first-order valence-electron chi connectivity index (χ1n) is 10.7. The molecule has 8 heteroatoms. The Morgan fingerprint density at radius 3 is 2.84 bits per heavy atom. The van der Waals surface area contributed by atoms with E-state index in [4.69, 9.17) is 15.2 Å². The summed E-state index contributed by atoms with van der Waals surface area (Å²) in [5, 5.41) is 4.62. The van der Waals surface area contributed by atoms with Gasteiger partial charge >= 0.3 is 5.69 Å². The maximum atomic E-state index is 11.8. The lowest BCUT2D eigenvalue weighted by Crippen LogP contribution is -2.28. The highest BCUT2D eigenvalue weighted by molar-refractivity contribution is 5.82. The Balaban J connectivity index is 1.49. The van der Waals surface area contributed by atoms with Gasteiger partial charge in [0.1, 0.15) is 12.4 Å². The largest absolute Gasteiger partial charge is 0.476 e. The van der Waals surface area contributed by atoms with E-state index in [2.05, 4.69) is 50.2 Å². The molecule has 0 fully saturated rings. The lowest BCUT2D eigenvalue weighted by atomic mass is 10.0. The van der Waals surface area contributed by atoms with Crippen molar-refractivity contribution < 1.29 is 9.47 Å². The summed E-state index contributed by atoms with van der Waals surface area (Å²) in [4.78, 5) is 18.5. The highest BCUT2D eigenvalue weighted by Crippen LogP contribution is 2.35. The second-order valence-corrected chi connectivity index (χ2v) is 7.73. The van der Waals surface area contributed by atoms with Crippen LogP contribution in [0.15, 0.2) is 65.5 Å². The number of benzene rings is 2. The third-order valence-electron chi connectivity index (χ3n) is 5.65. The third-order valence-corrected chi connectivity index (χ3v) is 5.65. The molecule has 0 saturated heterocycles. The van der Waals surface area contributed by atoms with Gasteiger partial charge in [-0.05, 0) is 23.1 Å². The van der Waals surface area contributed by atoms with Crippen LogP contribution in [0.4, 0.5) is 5.82 Å². The highest BCUT2D eigenvalue weighted by Gasteiger charge is 2.29. The summed E-state index contributed by atoms with van der Waals surface area (Å²) in [7, 11) is 0. The summed E-state index contributed by atoms with van der Waals surface area (Å²) in [5.74, 6) is 0.537.